The van der Waals surface area contributed by atoms with Gasteiger partial charge in [0.05, 0.1) is 14.2 Å². The van der Waals surface area contributed by atoms with Gasteiger partial charge in [-0.15, -0.1) is 0 Å². The molecule has 1 atom stereocenters. The molecule has 6 nitrogen and oxygen atoms in total. The van der Waals surface area contributed by atoms with Crippen molar-refractivity contribution in [2.75, 3.05) is 26.1 Å². The molecule has 0 fully saturated rings. The van der Waals surface area contributed by atoms with Gasteiger partial charge in [-0.2, -0.15) is 0 Å². The third-order valence-electron chi connectivity index (χ3n) is 4.06. The number of nitrogens with one attached hydrogen (secondary N) is 1. The Morgan fingerprint density at radius 2 is 1.88 bits per heavy atom. The molecule has 0 saturated carbocycles. The zero-order chi connectivity index (χ0) is 18.9. The highest BCUT2D eigenvalue weighted by Gasteiger charge is 2.33. The van der Waals surface area contributed by atoms with Crippen molar-refractivity contribution in [3.63, 3.8) is 0 Å². The molecule has 140 valence electrons. The van der Waals surface area contributed by atoms with E-state index in [1.807, 2.05) is 6.92 Å². The van der Waals surface area contributed by atoms with Crippen molar-refractivity contribution in [1.29, 1.82) is 0 Å². The third-order valence-corrected chi connectivity index (χ3v) is 4.06. The second-order valence-electron chi connectivity index (χ2n) is 5.98. The van der Waals surface area contributed by atoms with Gasteiger partial charge < -0.3 is 19.5 Å². The maximum atomic E-state index is 12.7. The van der Waals surface area contributed by atoms with Crippen LogP contribution in [0.3, 0.4) is 0 Å². The van der Waals surface area contributed by atoms with E-state index in [4.69, 9.17) is 14.2 Å². The molecule has 1 aromatic rings. The van der Waals surface area contributed by atoms with Crippen molar-refractivity contribution in [3.05, 3.63) is 23.8 Å². The molecule has 0 aliphatic heterocycles. The number of esters is 1. The summed E-state index contributed by atoms with van der Waals surface area (Å²) >= 11 is 0. The Hall–Kier alpha value is -2.08. The van der Waals surface area contributed by atoms with Gasteiger partial charge in [0.2, 0.25) is 0 Å². The number of carbonyl (C=O) groups excluding carboxylic acids is 2. The molecule has 1 N–H and O–H groups in total. The van der Waals surface area contributed by atoms with Crippen molar-refractivity contribution < 1.29 is 23.8 Å². The molecule has 0 aromatic heterocycles. The predicted molar refractivity (Wildman–Crippen MR) is 97.1 cm³/mol. The zero-order valence-corrected chi connectivity index (χ0v) is 15.8. The molecule has 1 amide bonds. The highest BCUT2D eigenvalue weighted by molar-refractivity contribution is 5.99. The number of unbranched alkanes of at least 4 members (excludes halogenated alkanes) is 2. The number of benzene rings is 1. The summed E-state index contributed by atoms with van der Waals surface area (Å²) in [5.41, 5.74) is -0.158. The smallest absolute Gasteiger partial charge is 0.341 e. The van der Waals surface area contributed by atoms with Crippen LogP contribution in [0.15, 0.2) is 18.2 Å². The van der Waals surface area contributed by atoms with Gasteiger partial charge in [-0.3, -0.25) is 4.79 Å². The standard InChI is InChI=1S/C19H29NO5/c1-6-8-9-12-19(3,25-7-2)18(22)20-14-10-11-16(23-4)15(13-14)17(21)24-5/h10-11,13H,6-9,12H2,1-5H3,(H,20,22)/t19-/m1/s1. The number of hydrogen-bond donors (Lipinski definition) is 1. The average Bonchev–Trinajstić information content (AvgIpc) is 2.61. The van der Waals surface area contributed by atoms with E-state index < -0.39 is 11.6 Å². The largest absolute Gasteiger partial charge is 0.496 e. The first-order valence-corrected chi connectivity index (χ1v) is 8.63. The van der Waals surface area contributed by atoms with Gasteiger partial charge in [0.15, 0.2) is 0 Å². The van der Waals surface area contributed by atoms with Crippen LogP contribution in [0.4, 0.5) is 5.69 Å². The Labute approximate surface area is 149 Å². The van der Waals surface area contributed by atoms with Crippen LogP contribution >= 0.6 is 0 Å². The van der Waals surface area contributed by atoms with Crippen molar-refractivity contribution in [1.82, 2.24) is 0 Å². The Morgan fingerprint density at radius 3 is 2.44 bits per heavy atom. The van der Waals surface area contributed by atoms with E-state index in [-0.39, 0.29) is 11.5 Å². The molecule has 0 unspecified atom stereocenters. The fraction of sp³-hybridized carbons (Fsp3) is 0.579. The summed E-state index contributed by atoms with van der Waals surface area (Å²) in [5, 5.41) is 2.84. The van der Waals surface area contributed by atoms with Crippen molar-refractivity contribution in [2.24, 2.45) is 0 Å². The number of hydrogen-bond acceptors (Lipinski definition) is 5. The lowest BCUT2D eigenvalue weighted by molar-refractivity contribution is -0.139. The predicted octanol–water partition coefficient (Wildman–Crippen LogP) is 3.80. The first-order chi connectivity index (χ1) is 11.9. The summed E-state index contributed by atoms with van der Waals surface area (Å²) in [5.74, 6) is -0.365. The molecular weight excluding hydrogens is 322 g/mol. The zero-order valence-electron chi connectivity index (χ0n) is 15.8. The molecule has 25 heavy (non-hydrogen) atoms. The molecule has 0 radical (unpaired) electrons. The number of methoxy groups -OCH3 is 2. The SMILES string of the molecule is CCCCC[C@@](C)(OCC)C(=O)Nc1ccc(OC)c(C(=O)OC)c1. The highest BCUT2D eigenvalue weighted by Crippen LogP contribution is 2.26. The van der Waals surface area contributed by atoms with Crippen LogP contribution < -0.4 is 10.1 Å². The normalized spacial score (nSPS) is 13.0. The van der Waals surface area contributed by atoms with E-state index in [1.165, 1.54) is 14.2 Å². The lowest BCUT2D eigenvalue weighted by Gasteiger charge is -2.28. The van der Waals surface area contributed by atoms with Gasteiger partial charge in [-0.1, -0.05) is 26.2 Å². The highest BCUT2D eigenvalue weighted by atomic mass is 16.5. The van der Waals surface area contributed by atoms with Crippen LogP contribution in [-0.2, 0) is 14.3 Å². The van der Waals surface area contributed by atoms with E-state index in [1.54, 1.807) is 25.1 Å². The van der Waals surface area contributed by atoms with E-state index in [0.717, 1.165) is 19.3 Å². The number of carbonyl (C=O) groups is 2. The Kier molecular flexibility index (Phi) is 8.41. The molecule has 0 saturated heterocycles. The van der Waals surface area contributed by atoms with E-state index in [2.05, 4.69) is 12.2 Å². The van der Waals surface area contributed by atoms with Gasteiger partial charge in [0.25, 0.3) is 5.91 Å². The Balaban J connectivity index is 2.97. The van der Waals surface area contributed by atoms with Gasteiger partial charge >= 0.3 is 5.97 Å². The average molecular weight is 351 g/mol. The summed E-state index contributed by atoms with van der Waals surface area (Å²) in [6.07, 6.45) is 3.67. The summed E-state index contributed by atoms with van der Waals surface area (Å²) < 4.78 is 15.6. The number of amides is 1. The Morgan fingerprint density at radius 1 is 1.16 bits per heavy atom. The Bertz CT molecular complexity index is 587. The van der Waals surface area contributed by atoms with Crippen molar-refractivity contribution in [3.8, 4) is 5.75 Å². The van der Waals surface area contributed by atoms with Gasteiger partial charge in [0, 0.05) is 12.3 Å². The molecule has 0 bridgehead atoms. The van der Waals surface area contributed by atoms with Gasteiger partial charge in [-0.25, -0.2) is 4.79 Å². The second kappa shape index (κ2) is 10.0. The van der Waals surface area contributed by atoms with E-state index >= 15 is 0 Å². The molecule has 0 aliphatic carbocycles. The van der Waals surface area contributed by atoms with E-state index in [0.29, 0.717) is 24.5 Å². The number of anilines is 1. The second-order valence-corrected chi connectivity index (χ2v) is 5.98. The lowest BCUT2D eigenvalue weighted by atomic mass is 9.96. The molecule has 0 heterocycles. The minimum absolute atomic E-state index is 0.230. The summed E-state index contributed by atoms with van der Waals surface area (Å²) in [6, 6.07) is 4.85. The first kappa shape index (κ1) is 21.0. The molecule has 0 aliphatic rings. The lowest BCUT2D eigenvalue weighted by Crippen LogP contribution is -2.42. The van der Waals surface area contributed by atoms with Crippen LogP contribution in [0, 0.1) is 0 Å². The molecule has 0 spiro atoms. The van der Waals surface area contributed by atoms with Crippen LogP contribution in [0.1, 0.15) is 56.8 Å². The van der Waals surface area contributed by atoms with Gasteiger partial charge in [-0.05, 0) is 38.5 Å². The molecule has 6 heteroatoms. The number of rotatable bonds is 10. The maximum Gasteiger partial charge on any atom is 0.341 e. The van der Waals surface area contributed by atoms with Crippen LogP contribution in [0.5, 0.6) is 5.75 Å². The van der Waals surface area contributed by atoms with Gasteiger partial charge in [0.1, 0.15) is 16.9 Å². The first-order valence-electron chi connectivity index (χ1n) is 8.63. The summed E-state index contributed by atoms with van der Waals surface area (Å²) in [7, 11) is 2.77. The summed E-state index contributed by atoms with van der Waals surface area (Å²) in [4.78, 5) is 24.6. The van der Waals surface area contributed by atoms with Crippen LogP contribution in [0.2, 0.25) is 0 Å². The molecular formula is C19H29NO5. The minimum atomic E-state index is -0.907. The molecule has 1 aromatic carbocycles. The molecule has 1 rings (SSSR count). The quantitative estimate of drug-likeness (QED) is 0.513. The number of ether oxygens (including phenoxy) is 3. The van der Waals surface area contributed by atoms with Crippen molar-refractivity contribution in [2.45, 2.75) is 52.1 Å². The monoisotopic (exact) mass is 351 g/mol. The maximum absolute atomic E-state index is 12.7. The van der Waals surface area contributed by atoms with Crippen LogP contribution in [0.25, 0.3) is 0 Å². The third kappa shape index (κ3) is 5.74. The fourth-order valence-corrected chi connectivity index (χ4v) is 2.60. The summed E-state index contributed by atoms with van der Waals surface area (Å²) in [6.45, 7) is 6.23. The topological polar surface area (TPSA) is 73.9 Å². The van der Waals surface area contributed by atoms with Crippen LogP contribution in [-0.4, -0.2) is 38.3 Å². The van der Waals surface area contributed by atoms with E-state index in [9.17, 15) is 9.59 Å². The fourth-order valence-electron chi connectivity index (χ4n) is 2.60. The van der Waals surface area contributed by atoms with Crippen molar-refractivity contribution >= 4 is 17.6 Å². The minimum Gasteiger partial charge on any atom is -0.496 e.